The molecule has 0 radical (unpaired) electrons. The summed E-state index contributed by atoms with van der Waals surface area (Å²) < 4.78 is 5.61. The van der Waals surface area contributed by atoms with E-state index in [0.717, 1.165) is 21.8 Å². The van der Waals surface area contributed by atoms with Crippen LogP contribution in [0, 0.1) is 6.92 Å². The third-order valence-corrected chi connectivity index (χ3v) is 6.54. The number of ether oxygens (including phenoxy) is 1. The van der Waals surface area contributed by atoms with Gasteiger partial charge in [0.25, 0.3) is 5.56 Å². The van der Waals surface area contributed by atoms with Crippen molar-refractivity contribution in [2.75, 3.05) is 5.75 Å². The number of Topliss-reactive ketones (excluding diaryl/α,β-unsaturated/α-hetero) is 1. The number of carbonyl (C=O) groups is 1. The van der Waals surface area contributed by atoms with Crippen molar-refractivity contribution >= 4 is 39.1 Å². The highest BCUT2D eigenvalue weighted by atomic mass is 32.2. The van der Waals surface area contributed by atoms with Gasteiger partial charge < -0.3 is 9.72 Å². The van der Waals surface area contributed by atoms with E-state index in [9.17, 15) is 9.59 Å². The molecule has 0 atom stereocenters. The predicted octanol–water partition coefficient (Wildman–Crippen LogP) is 5.72. The number of H-pyrrole nitrogens is 1. The molecule has 0 unspecified atom stereocenters. The van der Waals surface area contributed by atoms with E-state index in [1.807, 2.05) is 51.1 Å². The lowest BCUT2D eigenvalue weighted by molar-refractivity contribution is 0.102. The quantitative estimate of drug-likeness (QED) is 0.221. The van der Waals surface area contributed by atoms with Crippen LogP contribution in [-0.2, 0) is 0 Å². The number of carbonyl (C=O) groups excluding carboxylic acids is 1. The van der Waals surface area contributed by atoms with Crippen LogP contribution in [0.25, 0.3) is 21.3 Å². The molecule has 31 heavy (non-hydrogen) atoms. The number of aromatic amines is 1. The first-order chi connectivity index (χ1) is 14.9. The lowest BCUT2D eigenvalue weighted by Crippen LogP contribution is -2.10. The van der Waals surface area contributed by atoms with Crippen molar-refractivity contribution in [2.45, 2.75) is 32.0 Å². The lowest BCUT2D eigenvalue weighted by Gasteiger charge is -2.09. The van der Waals surface area contributed by atoms with E-state index in [0.29, 0.717) is 20.9 Å². The van der Waals surface area contributed by atoms with Crippen molar-refractivity contribution in [3.63, 3.8) is 0 Å². The molecule has 1 N–H and O–H groups in total. The van der Waals surface area contributed by atoms with E-state index >= 15 is 0 Å². The van der Waals surface area contributed by atoms with Crippen LogP contribution in [0.15, 0.2) is 64.5 Å². The molecule has 2 heterocycles. The molecule has 0 amide bonds. The number of hydrogen-bond acceptors (Lipinski definition) is 6. The number of aromatic nitrogens is 2. The Bertz CT molecular complexity index is 1280. The molecule has 0 saturated heterocycles. The smallest absolute Gasteiger partial charge is 0.260 e. The number of thioether (sulfide) groups is 1. The molecule has 2 aromatic heterocycles. The SMILES string of the molecule is Cc1sc2nc(SCC(=O)c3ccc(OC(C)C)cc3)[nH]c(=O)c2c1-c1ccccc1. The Kier molecular flexibility index (Phi) is 6.25. The number of thiophene rings is 1. The lowest BCUT2D eigenvalue weighted by atomic mass is 10.0. The summed E-state index contributed by atoms with van der Waals surface area (Å²) >= 11 is 2.73. The fourth-order valence-corrected chi connectivity index (χ4v) is 5.19. The Hall–Kier alpha value is -2.90. The Labute approximate surface area is 188 Å². The molecular weight excluding hydrogens is 428 g/mol. The molecule has 5 nitrogen and oxygen atoms in total. The molecule has 158 valence electrons. The second-order valence-electron chi connectivity index (χ2n) is 7.35. The third kappa shape index (κ3) is 4.73. The summed E-state index contributed by atoms with van der Waals surface area (Å²) in [7, 11) is 0. The number of hydrogen-bond donors (Lipinski definition) is 1. The van der Waals surface area contributed by atoms with E-state index in [1.54, 1.807) is 24.3 Å². The number of benzene rings is 2. The van der Waals surface area contributed by atoms with Crippen molar-refractivity contribution in [3.8, 4) is 16.9 Å². The number of fused-ring (bicyclic) bond motifs is 1. The van der Waals surface area contributed by atoms with Gasteiger partial charge in [0.1, 0.15) is 10.6 Å². The first kappa shape index (κ1) is 21.3. The van der Waals surface area contributed by atoms with Gasteiger partial charge in [-0.2, -0.15) is 0 Å². The fraction of sp³-hybridized carbons (Fsp3) is 0.208. The van der Waals surface area contributed by atoms with Gasteiger partial charge in [-0.05, 0) is 50.6 Å². The third-order valence-electron chi connectivity index (χ3n) is 4.67. The van der Waals surface area contributed by atoms with Gasteiger partial charge in [0, 0.05) is 16.0 Å². The molecule has 0 aliphatic rings. The number of aryl methyl sites for hydroxylation is 1. The Morgan fingerprint density at radius 2 is 1.84 bits per heavy atom. The molecule has 0 saturated carbocycles. The number of ketones is 1. The molecule has 0 bridgehead atoms. The van der Waals surface area contributed by atoms with E-state index in [2.05, 4.69) is 9.97 Å². The van der Waals surface area contributed by atoms with Crippen molar-refractivity contribution in [1.29, 1.82) is 0 Å². The zero-order valence-electron chi connectivity index (χ0n) is 17.5. The maximum atomic E-state index is 12.8. The predicted molar refractivity (Wildman–Crippen MR) is 128 cm³/mol. The molecule has 0 spiro atoms. The van der Waals surface area contributed by atoms with Crippen LogP contribution in [0.5, 0.6) is 5.75 Å². The van der Waals surface area contributed by atoms with Gasteiger partial charge in [-0.1, -0.05) is 42.1 Å². The number of nitrogens with one attached hydrogen (secondary N) is 1. The maximum Gasteiger partial charge on any atom is 0.260 e. The molecule has 4 rings (SSSR count). The second-order valence-corrected chi connectivity index (χ2v) is 9.52. The summed E-state index contributed by atoms with van der Waals surface area (Å²) in [6.07, 6.45) is 0.0817. The minimum atomic E-state index is -0.182. The summed E-state index contributed by atoms with van der Waals surface area (Å²) in [6, 6.07) is 17.0. The van der Waals surface area contributed by atoms with Crippen LogP contribution < -0.4 is 10.3 Å². The first-order valence-electron chi connectivity index (χ1n) is 9.94. The van der Waals surface area contributed by atoms with Crippen LogP contribution in [-0.4, -0.2) is 27.6 Å². The zero-order valence-corrected chi connectivity index (χ0v) is 19.1. The van der Waals surface area contributed by atoms with Crippen molar-refractivity contribution in [2.24, 2.45) is 0 Å². The van der Waals surface area contributed by atoms with Gasteiger partial charge in [0.15, 0.2) is 10.9 Å². The summed E-state index contributed by atoms with van der Waals surface area (Å²) in [6.45, 7) is 5.91. The van der Waals surface area contributed by atoms with Crippen LogP contribution in [0.1, 0.15) is 29.1 Å². The van der Waals surface area contributed by atoms with Gasteiger partial charge in [0.05, 0.1) is 17.2 Å². The van der Waals surface area contributed by atoms with Crippen molar-refractivity contribution < 1.29 is 9.53 Å². The largest absolute Gasteiger partial charge is 0.491 e. The normalized spacial score (nSPS) is 11.2. The molecule has 4 aromatic rings. The topological polar surface area (TPSA) is 72.0 Å². The van der Waals surface area contributed by atoms with Gasteiger partial charge in [0.2, 0.25) is 0 Å². The molecule has 0 aliphatic carbocycles. The molecule has 0 aliphatic heterocycles. The first-order valence-corrected chi connectivity index (χ1v) is 11.7. The van der Waals surface area contributed by atoms with Gasteiger partial charge >= 0.3 is 0 Å². The van der Waals surface area contributed by atoms with Crippen LogP contribution in [0.3, 0.4) is 0 Å². The van der Waals surface area contributed by atoms with Gasteiger partial charge in [-0.15, -0.1) is 11.3 Å². The molecule has 2 aromatic carbocycles. The van der Waals surface area contributed by atoms with Crippen LogP contribution >= 0.6 is 23.1 Å². The molecule has 7 heteroatoms. The minimum absolute atomic E-state index is 0.0313. The van der Waals surface area contributed by atoms with Crippen molar-refractivity contribution in [3.05, 3.63) is 75.4 Å². The summed E-state index contributed by atoms with van der Waals surface area (Å²) in [5.74, 6) is 0.892. The Morgan fingerprint density at radius 3 is 2.52 bits per heavy atom. The second kappa shape index (κ2) is 9.08. The average molecular weight is 451 g/mol. The summed E-state index contributed by atoms with van der Waals surface area (Å²) in [4.78, 5) is 34.6. The highest BCUT2D eigenvalue weighted by Crippen LogP contribution is 2.35. The maximum absolute atomic E-state index is 12.8. The zero-order chi connectivity index (χ0) is 22.0. The van der Waals surface area contributed by atoms with Crippen molar-refractivity contribution in [1.82, 2.24) is 9.97 Å². The average Bonchev–Trinajstić information content (AvgIpc) is 3.09. The standard InChI is InChI=1S/C24H22N2O3S2/c1-14(2)29-18-11-9-16(10-12-18)19(27)13-30-24-25-22(28)21-20(15(3)31-23(21)26-24)17-7-5-4-6-8-17/h4-12,14H,13H2,1-3H3,(H,25,26,28). The van der Waals surface area contributed by atoms with E-state index in [4.69, 9.17) is 4.74 Å². The highest BCUT2D eigenvalue weighted by Gasteiger charge is 2.17. The van der Waals surface area contributed by atoms with E-state index in [-0.39, 0.29) is 23.2 Å². The number of nitrogens with zero attached hydrogens (tertiary/aromatic N) is 1. The Balaban J connectivity index is 1.53. The summed E-state index contributed by atoms with van der Waals surface area (Å²) in [5, 5.41) is 1.05. The molecule has 0 fully saturated rings. The van der Waals surface area contributed by atoms with Gasteiger partial charge in [-0.3, -0.25) is 9.59 Å². The number of rotatable bonds is 7. The summed E-state index contributed by atoms with van der Waals surface area (Å²) in [5.41, 5.74) is 2.34. The monoisotopic (exact) mass is 450 g/mol. The van der Waals surface area contributed by atoms with Crippen LogP contribution in [0.4, 0.5) is 0 Å². The van der Waals surface area contributed by atoms with E-state index < -0.39 is 0 Å². The highest BCUT2D eigenvalue weighted by molar-refractivity contribution is 7.99. The molecular formula is C24H22N2O3S2. The van der Waals surface area contributed by atoms with Gasteiger partial charge in [-0.25, -0.2) is 4.98 Å². The van der Waals surface area contributed by atoms with Crippen LogP contribution in [0.2, 0.25) is 0 Å². The Morgan fingerprint density at radius 1 is 1.13 bits per heavy atom. The minimum Gasteiger partial charge on any atom is -0.491 e. The van der Waals surface area contributed by atoms with E-state index in [1.165, 1.54) is 23.1 Å². The fourth-order valence-electron chi connectivity index (χ4n) is 3.33.